The predicted molar refractivity (Wildman–Crippen MR) is 53.3 cm³/mol. The van der Waals surface area contributed by atoms with Crippen molar-refractivity contribution in [1.82, 2.24) is 15.0 Å². The van der Waals surface area contributed by atoms with E-state index in [2.05, 4.69) is 15.0 Å². The molecule has 0 saturated heterocycles. The summed E-state index contributed by atoms with van der Waals surface area (Å²) >= 11 is 1.31. The molecule has 0 aliphatic heterocycles. The first-order chi connectivity index (χ1) is 6.79. The number of rotatable bonds is 2. The highest BCUT2D eigenvalue weighted by molar-refractivity contribution is 7.16. The summed E-state index contributed by atoms with van der Waals surface area (Å²) in [5.74, 6) is 0. The van der Waals surface area contributed by atoms with Crippen LogP contribution in [0.2, 0.25) is 0 Å². The monoisotopic (exact) mass is 205 g/mol. The first kappa shape index (κ1) is 8.96. The third-order valence-corrected chi connectivity index (χ3v) is 2.59. The molecule has 0 unspecified atom stereocenters. The molecule has 2 rings (SSSR count). The largest absolute Gasteiger partial charge is 0.297 e. The Hall–Kier alpha value is -1.62. The number of aldehydes is 1. The molecule has 0 saturated carbocycles. The van der Waals surface area contributed by atoms with Crippen LogP contribution in [0.25, 0.3) is 10.7 Å². The van der Waals surface area contributed by atoms with Crippen molar-refractivity contribution >= 4 is 17.6 Å². The van der Waals surface area contributed by atoms with Crippen LogP contribution in [0.3, 0.4) is 0 Å². The Kier molecular flexibility index (Phi) is 2.32. The fourth-order valence-electron chi connectivity index (χ4n) is 0.963. The summed E-state index contributed by atoms with van der Waals surface area (Å²) < 4.78 is 0. The van der Waals surface area contributed by atoms with Crippen molar-refractivity contribution in [2.75, 3.05) is 0 Å². The predicted octanol–water partition coefficient (Wildman–Crippen LogP) is 1.72. The smallest absolute Gasteiger partial charge is 0.161 e. The molecule has 0 aliphatic carbocycles. The van der Waals surface area contributed by atoms with Crippen LogP contribution in [0.4, 0.5) is 0 Å². The van der Waals surface area contributed by atoms with Crippen LogP contribution in [-0.2, 0) is 0 Å². The Labute approximate surface area is 84.7 Å². The second-order valence-electron chi connectivity index (χ2n) is 2.73. The van der Waals surface area contributed by atoms with Crippen molar-refractivity contribution in [3.63, 3.8) is 0 Å². The number of aryl methyl sites for hydroxylation is 1. The lowest BCUT2D eigenvalue weighted by Gasteiger charge is -1.93. The molecule has 0 aromatic carbocycles. The van der Waals surface area contributed by atoms with Crippen molar-refractivity contribution in [3.05, 3.63) is 29.2 Å². The summed E-state index contributed by atoms with van der Waals surface area (Å²) in [7, 11) is 0. The van der Waals surface area contributed by atoms with Crippen LogP contribution >= 0.6 is 11.3 Å². The second-order valence-corrected chi connectivity index (χ2v) is 3.79. The van der Waals surface area contributed by atoms with E-state index in [1.165, 1.54) is 17.5 Å². The van der Waals surface area contributed by atoms with Crippen LogP contribution in [0.1, 0.15) is 15.4 Å². The molecule has 70 valence electrons. The van der Waals surface area contributed by atoms with E-state index in [1.807, 2.05) is 6.92 Å². The van der Waals surface area contributed by atoms with Gasteiger partial charge in [0, 0.05) is 12.4 Å². The first-order valence-electron chi connectivity index (χ1n) is 3.99. The maximum Gasteiger partial charge on any atom is 0.161 e. The molecule has 5 heteroatoms. The summed E-state index contributed by atoms with van der Waals surface area (Å²) in [6.07, 6.45) is 5.65. The van der Waals surface area contributed by atoms with Crippen LogP contribution in [0.5, 0.6) is 0 Å². The van der Waals surface area contributed by atoms with Crippen LogP contribution in [-0.4, -0.2) is 21.2 Å². The third kappa shape index (κ3) is 1.67. The molecule has 2 aromatic rings. The van der Waals surface area contributed by atoms with Crippen molar-refractivity contribution in [1.29, 1.82) is 0 Å². The van der Waals surface area contributed by atoms with Crippen molar-refractivity contribution in [2.24, 2.45) is 0 Å². The number of carbonyl (C=O) groups is 1. The van der Waals surface area contributed by atoms with E-state index in [1.54, 1.807) is 12.4 Å². The van der Waals surface area contributed by atoms with Gasteiger partial charge >= 0.3 is 0 Å². The number of carbonyl (C=O) groups excluding carboxylic acids is 1. The molecular formula is C9H7N3OS. The molecule has 2 heterocycles. The molecule has 0 aliphatic rings. The van der Waals surface area contributed by atoms with E-state index in [0.717, 1.165) is 17.0 Å². The Morgan fingerprint density at radius 2 is 2.07 bits per heavy atom. The van der Waals surface area contributed by atoms with Gasteiger partial charge in [-0.3, -0.25) is 14.8 Å². The lowest BCUT2D eigenvalue weighted by molar-refractivity contribution is 0.112. The maximum absolute atomic E-state index is 10.4. The summed E-state index contributed by atoms with van der Waals surface area (Å²) in [4.78, 5) is 23.4. The minimum absolute atomic E-state index is 0.599. The molecule has 0 spiro atoms. The highest BCUT2D eigenvalue weighted by atomic mass is 32.1. The van der Waals surface area contributed by atoms with Gasteiger partial charge in [-0.1, -0.05) is 0 Å². The Bertz CT molecular complexity index is 449. The first-order valence-corrected chi connectivity index (χ1v) is 4.81. The summed E-state index contributed by atoms with van der Waals surface area (Å²) in [6.45, 7) is 1.87. The number of hydrogen-bond donors (Lipinski definition) is 0. The average Bonchev–Trinajstić information content (AvgIpc) is 2.67. The molecule has 0 amide bonds. The van der Waals surface area contributed by atoms with E-state index in [9.17, 15) is 4.79 Å². The van der Waals surface area contributed by atoms with E-state index in [-0.39, 0.29) is 0 Å². The molecule has 0 N–H and O–H groups in total. The SMILES string of the molecule is Cc1cnc(-c2ncc(C=O)s2)cn1. The zero-order chi connectivity index (χ0) is 9.97. The van der Waals surface area contributed by atoms with Crippen molar-refractivity contribution in [2.45, 2.75) is 6.92 Å². The van der Waals surface area contributed by atoms with Gasteiger partial charge in [0.2, 0.25) is 0 Å². The van der Waals surface area contributed by atoms with Crippen molar-refractivity contribution < 1.29 is 4.79 Å². The van der Waals surface area contributed by atoms with Gasteiger partial charge < -0.3 is 0 Å². The van der Waals surface area contributed by atoms with E-state index >= 15 is 0 Å². The van der Waals surface area contributed by atoms with Crippen LogP contribution in [0.15, 0.2) is 18.6 Å². The summed E-state index contributed by atoms with van der Waals surface area (Å²) in [6, 6.07) is 0. The number of nitrogens with zero attached hydrogens (tertiary/aromatic N) is 3. The van der Waals surface area contributed by atoms with Gasteiger partial charge in [0.25, 0.3) is 0 Å². The summed E-state index contributed by atoms with van der Waals surface area (Å²) in [5, 5.41) is 0.722. The topological polar surface area (TPSA) is 55.7 Å². The van der Waals surface area contributed by atoms with Gasteiger partial charge in [-0.05, 0) is 6.92 Å². The molecule has 0 bridgehead atoms. The molecule has 0 radical (unpaired) electrons. The molecule has 0 atom stereocenters. The van der Waals surface area contributed by atoms with Crippen LogP contribution in [0, 0.1) is 6.92 Å². The molecule has 2 aromatic heterocycles. The zero-order valence-electron chi connectivity index (χ0n) is 7.47. The molecule has 14 heavy (non-hydrogen) atoms. The number of hydrogen-bond acceptors (Lipinski definition) is 5. The molecular weight excluding hydrogens is 198 g/mol. The zero-order valence-corrected chi connectivity index (χ0v) is 8.28. The van der Waals surface area contributed by atoms with Crippen LogP contribution < -0.4 is 0 Å². The fraction of sp³-hybridized carbons (Fsp3) is 0.111. The number of thiazole rings is 1. The third-order valence-electron chi connectivity index (χ3n) is 1.64. The minimum atomic E-state index is 0.599. The van der Waals surface area contributed by atoms with Gasteiger partial charge in [0.1, 0.15) is 10.7 Å². The van der Waals surface area contributed by atoms with Gasteiger partial charge in [0.15, 0.2) is 6.29 Å². The normalized spacial score (nSPS) is 10.1. The Morgan fingerprint density at radius 3 is 2.64 bits per heavy atom. The second kappa shape index (κ2) is 3.63. The molecule has 4 nitrogen and oxygen atoms in total. The van der Waals surface area contributed by atoms with Gasteiger partial charge in [-0.25, -0.2) is 4.98 Å². The average molecular weight is 205 g/mol. The van der Waals surface area contributed by atoms with Gasteiger partial charge in [-0.15, -0.1) is 11.3 Å². The van der Waals surface area contributed by atoms with Gasteiger partial charge in [-0.2, -0.15) is 0 Å². The van der Waals surface area contributed by atoms with Crippen molar-refractivity contribution in [3.8, 4) is 10.7 Å². The Balaban J connectivity index is 2.39. The lowest BCUT2D eigenvalue weighted by Crippen LogP contribution is -1.86. The number of aromatic nitrogens is 3. The fourth-order valence-corrected chi connectivity index (χ4v) is 1.65. The standard InChI is InChI=1S/C9H7N3OS/c1-6-2-11-8(4-10-6)9-12-3-7(5-13)14-9/h2-5H,1H3. The Morgan fingerprint density at radius 1 is 1.21 bits per heavy atom. The maximum atomic E-state index is 10.4. The molecule has 0 fully saturated rings. The van der Waals surface area contributed by atoms with E-state index < -0.39 is 0 Å². The lowest BCUT2D eigenvalue weighted by atomic mass is 10.4. The highest BCUT2D eigenvalue weighted by Crippen LogP contribution is 2.21. The van der Waals surface area contributed by atoms with E-state index in [4.69, 9.17) is 0 Å². The minimum Gasteiger partial charge on any atom is -0.297 e. The quantitative estimate of drug-likeness (QED) is 0.700. The highest BCUT2D eigenvalue weighted by Gasteiger charge is 2.05. The van der Waals surface area contributed by atoms with Gasteiger partial charge in [0.05, 0.1) is 16.8 Å². The summed E-state index contributed by atoms with van der Waals surface area (Å²) in [5.41, 5.74) is 1.56. The van der Waals surface area contributed by atoms with E-state index in [0.29, 0.717) is 10.6 Å².